The minimum Gasteiger partial charge on any atom is -0.508 e. The molecule has 1 aromatic rings. The zero-order valence-electron chi connectivity index (χ0n) is 8.55. The molecule has 0 aliphatic rings. The summed E-state index contributed by atoms with van der Waals surface area (Å²) in [5.41, 5.74) is 6.67. The van der Waals surface area contributed by atoms with Gasteiger partial charge in [0.25, 0.3) is 0 Å². The highest BCUT2D eigenvalue weighted by molar-refractivity contribution is 5.70. The smallest absolute Gasteiger partial charge is 0.307 e. The summed E-state index contributed by atoms with van der Waals surface area (Å²) in [4.78, 5) is 10.7. The molecule has 0 radical (unpaired) electrons. The van der Waals surface area contributed by atoms with Crippen molar-refractivity contribution in [1.82, 2.24) is 0 Å². The lowest BCUT2D eigenvalue weighted by Crippen LogP contribution is -2.35. The van der Waals surface area contributed by atoms with Gasteiger partial charge in [-0.05, 0) is 24.1 Å². The van der Waals surface area contributed by atoms with Gasteiger partial charge in [0.15, 0.2) is 0 Å². The van der Waals surface area contributed by atoms with Gasteiger partial charge < -0.3 is 15.9 Å². The molecule has 0 aromatic heterocycles. The Balaban J connectivity index is 2.62. The van der Waals surface area contributed by atoms with Crippen LogP contribution in [0.25, 0.3) is 0 Å². The van der Waals surface area contributed by atoms with E-state index in [1.165, 1.54) is 0 Å². The van der Waals surface area contributed by atoms with Gasteiger partial charge in [0.1, 0.15) is 5.75 Å². The van der Waals surface area contributed by atoms with Gasteiger partial charge in [-0.1, -0.05) is 19.1 Å². The quantitative estimate of drug-likeness (QED) is 0.690. The predicted molar refractivity (Wildman–Crippen MR) is 56.6 cm³/mol. The minimum absolute atomic E-state index is 0.193. The molecule has 1 rings (SSSR count). The molecule has 4 nitrogen and oxygen atoms in total. The van der Waals surface area contributed by atoms with E-state index in [4.69, 9.17) is 15.9 Å². The van der Waals surface area contributed by atoms with Crippen LogP contribution in [0.1, 0.15) is 12.5 Å². The highest BCUT2D eigenvalue weighted by atomic mass is 16.4. The highest BCUT2D eigenvalue weighted by Crippen LogP contribution is 2.13. The average molecular weight is 209 g/mol. The van der Waals surface area contributed by atoms with E-state index in [9.17, 15) is 4.79 Å². The third-order valence-corrected chi connectivity index (χ3v) is 2.44. The second-order valence-electron chi connectivity index (χ2n) is 3.66. The van der Waals surface area contributed by atoms with E-state index >= 15 is 0 Å². The van der Waals surface area contributed by atoms with Gasteiger partial charge in [0.05, 0.1) is 5.92 Å². The van der Waals surface area contributed by atoms with Crippen molar-refractivity contribution in [3.8, 4) is 5.75 Å². The van der Waals surface area contributed by atoms with Crippen molar-refractivity contribution >= 4 is 5.97 Å². The molecule has 0 saturated carbocycles. The number of aromatic hydroxyl groups is 1. The van der Waals surface area contributed by atoms with Crippen molar-refractivity contribution in [1.29, 1.82) is 0 Å². The zero-order chi connectivity index (χ0) is 11.4. The van der Waals surface area contributed by atoms with Crippen LogP contribution in [-0.4, -0.2) is 22.2 Å². The molecule has 82 valence electrons. The van der Waals surface area contributed by atoms with E-state index in [1.54, 1.807) is 31.2 Å². The lowest BCUT2D eigenvalue weighted by molar-refractivity contribution is -0.141. The number of phenols is 1. The van der Waals surface area contributed by atoms with Crippen LogP contribution < -0.4 is 5.73 Å². The summed E-state index contributed by atoms with van der Waals surface area (Å²) in [7, 11) is 0. The molecule has 1 unspecified atom stereocenters. The third kappa shape index (κ3) is 3.25. The van der Waals surface area contributed by atoms with Crippen molar-refractivity contribution in [2.45, 2.75) is 19.4 Å². The molecule has 0 saturated heterocycles. The third-order valence-electron chi connectivity index (χ3n) is 2.44. The maximum Gasteiger partial charge on any atom is 0.307 e. The Morgan fingerprint density at radius 3 is 2.40 bits per heavy atom. The van der Waals surface area contributed by atoms with E-state index in [2.05, 4.69) is 0 Å². The average Bonchev–Trinajstić information content (AvgIpc) is 2.20. The first-order chi connectivity index (χ1) is 7.00. The molecule has 0 heterocycles. The Morgan fingerprint density at radius 2 is 1.93 bits per heavy atom. The Kier molecular flexibility index (Phi) is 3.68. The van der Waals surface area contributed by atoms with Crippen molar-refractivity contribution in [2.75, 3.05) is 0 Å². The lowest BCUT2D eigenvalue weighted by atomic mass is 9.96. The largest absolute Gasteiger partial charge is 0.508 e. The number of hydrogen-bond donors (Lipinski definition) is 3. The Labute approximate surface area is 88.3 Å². The van der Waals surface area contributed by atoms with Gasteiger partial charge in [-0.15, -0.1) is 0 Å². The second kappa shape index (κ2) is 4.79. The van der Waals surface area contributed by atoms with Crippen LogP contribution in [0.5, 0.6) is 5.75 Å². The predicted octanol–water partition coefficient (Wildman–Crippen LogP) is 0.983. The van der Waals surface area contributed by atoms with Gasteiger partial charge in [-0.25, -0.2) is 0 Å². The molecule has 0 fully saturated rings. The summed E-state index contributed by atoms with van der Waals surface area (Å²) in [6.45, 7) is 1.59. The second-order valence-corrected chi connectivity index (χ2v) is 3.66. The van der Waals surface area contributed by atoms with Crippen molar-refractivity contribution in [3.05, 3.63) is 29.8 Å². The molecule has 0 amide bonds. The van der Waals surface area contributed by atoms with Crippen LogP contribution in [0, 0.1) is 5.92 Å². The first-order valence-electron chi connectivity index (χ1n) is 4.77. The molecule has 0 aliphatic carbocycles. The summed E-state index contributed by atoms with van der Waals surface area (Å²) >= 11 is 0. The number of carboxylic acids is 1. The van der Waals surface area contributed by atoms with Crippen LogP contribution >= 0.6 is 0 Å². The number of phenolic OH excluding ortho intramolecular Hbond substituents is 1. The topological polar surface area (TPSA) is 83.5 Å². The van der Waals surface area contributed by atoms with Crippen molar-refractivity contribution < 1.29 is 15.0 Å². The summed E-state index contributed by atoms with van der Waals surface area (Å²) in [6.07, 6.45) is 0.494. The fourth-order valence-corrected chi connectivity index (χ4v) is 1.26. The zero-order valence-corrected chi connectivity index (χ0v) is 8.55. The van der Waals surface area contributed by atoms with Gasteiger partial charge in [-0.3, -0.25) is 4.79 Å². The SMILES string of the molecule is C[C@H](C(=O)O)C(N)Cc1ccc(O)cc1. The molecule has 2 atom stereocenters. The van der Waals surface area contributed by atoms with Crippen LogP contribution in [0.2, 0.25) is 0 Å². The van der Waals surface area contributed by atoms with E-state index in [0.717, 1.165) is 5.56 Å². The molecular formula is C11H15NO3. The van der Waals surface area contributed by atoms with Crippen LogP contribution in [0.4, 0.5) is 0 Å². The van der Waals surface area contributed by atoms with E-state index in [-0.39, 0.29) is 5.75 Å². The Hall–Kier alpha value is -1.55. The van der Waals surface area contributed by atoms with Gasteiger partial charge >= 0.3 is 5.97 Å². The number of rotatable bonds is 4. The fourth-order valence-electron chi connectivity index (χ4n) is 1.26. The maximum absolute atomic E-state index is 10.7. The molecule has 4 heteroatoms. The summed E-state index contributed by atoms with van der Waals surface area (Å²) in [5.74, 6) is -1.27. The number of hydrogen-bond acceptors (Lipinski definition) is 3. The maximum atomic E-state index is 10.7. The first-order valence-corrected chi connectivity index (χ1v) is 4.77. The number of aliphatic carboxylic acids is 1. The number of carbonyl (C=O) groups is 1. The fraction of sp³-hybridized carbons (Fsp3) is 0.364. The van der Waals surface area contributed by atoms with Gasteiger partial charge in [0.2, 0.25) is 0 Å². The summed E-state index contributed by atoms with van der Waals surface area (Å²) in [5, 5.41) is 17.8. The lowest BCUT2D eigenvalue weighted by Gasteiger charge is -2.15. The molecule has 0 aliphatic heterocycles. The van der Waals surface area contributed by atoms with E-state index < -0.39 is 17.9 Å². The monoisotopic (exact) mass is 209 g/mol. The van der Waals surface area contributed by atoms with Gasteiger partial charge in [0, 0.05) is 6.04 Å². The summed E-state index contributed by atoms with van der Waals surface area (Å²) < 4.78 is 0. The molecule has 0 spiro atoms. The molecule has 0 bridgehead atoms. The van der Waals surface area contributed by atoms with Crippen molar-refractivity contribution in [3.63, 3.8) is 0 Å². The van der Waals surface area contributed by atoms with Crippen molar-refractivity contribution in [2.24, 2.45) is 11.7 Å². The Bertz CT molecular complexity index is 334. The number of carboxylic acid groups (broad SMARTS) is 1. The molecular weight excluding hydrogens is 194 g/mol. The Morgan fingerprint density at radius 1 is 1.40 bits per heavy atom. The van der Waals surface area contributed by atoms with Gasteiger partial charge in [-0.2, -0.15) is 0 Å². The van der Waals surface area contributed by atoms with Crippen LogP contribution in [-0.2, 0) is 11.2 Å². The summed E-state index contributed by atoms with van der Waals surface area (Å²) in [6, 6.07) is 6.20. The molecule has 15 heavy (non-hydrogen) atoms. The first kappa shape index (κ1) is 11.5. The minimum atomic E-state index is -0.888. The molecule has 1 aromatic carbocycles. The van der Waals surface area contributed by atoms with Crippen LogP contribution in [0.15, 0.2) is 24.3 Å². The molecule has 4 N–H and O–H groups in total. The van der Waals surface area contributed by atoms with E-state index in [1.807, 2.05) is 0 Å². The highest BCUT2D eigenvalue weighted by Gasteiger charge is 2.19. The normalized spacial score (nSPS) is 14.5. The number of benzene rings is 1. The standard InChI is InChI=1S/C11H15NO3/c1-7(11(14)15)10(12)6-8-2-4-9(13)5-3-8/h2-5,7,10,13H,6,12H2,1H3,(H,14,15)/t7-,10?/m0/s1. The van der Waals surface area contributed by atoms with Crippen LogP contribution in [0.3, 0.4) is 0 Å². The van der Waals surface area contributed by atoms with E-state index in [0.29, 0.717) is 6.42 Å². The number of nitrogens with two attached hydrogens (primary N) is 1.